The lowest BCUT2D eigenvalue weighted by Gasteiger charge is -1.95. The van der Waals surface area contributed by atoms with Gasteiger partial charge in [-0.2, -0.15) is 0 Å². The minimum atomic E-state index is 0.186. The molecular weight excluding hydrogens is 174 g/mol. The fraction of sp³-hybridized carbons (Fsp3) is 0.250. The number of hydrogen-bond acceptors (Lipinski definition) is 2. The summed E-state index contributed by atoms with van der Waals surface area (Å²) < 4.78 is 0. The zero-order chi connectivity index (χ0) is 10.6. The molecule has 0 spiro atoms. The maximum Gasteiger partial charge on any atom is 0.156 e. The van der Waals surface area contributed by atoms with Gasteiger partial charge in [0.1, 0.15) is 0 Å². The van der Waals surface area contributed by atoms with Crippen LogP contribution in [0.25, 0.3) is 6.08 Å². The van der Waals surface area contributed by atoms with E-state index in [1.54, 1.807) is 6.92 Å². The number of rotatable bonds is 1. The average molecular weight is 189 g/mol. The van der Waals surface area contributed by atoms with Crippen LogP contribution >= 0.6 is 0 Å². The van der Waals surface area contributed by atoms with E-state index >= 15 is 0 Å². The molecule has 0 aliphatic heterocycles. The predicted molar refractivity (Wildman–Crippen MR) is 58.9 cm³/mol. The van der Waals surface area contributed by atoms with Gasteiger partial charge in [-0.3, -0.25) is 4.79 Å². The Kier molecular flexibility index (Phi) is 3.60. The van der Waals surface area contributed by atoms with Crippen molar-refractivity contribution in [2.45, 2.75) is 13.3 Å². The molecule has 1 aliphatic carbocycles. The van der Waals surface area contributed by atoms with Crippen LogP contribution in [0.15, 0.2) is 29.8 Å². The van der Waals surface area contributed by atoms with Crippen LogP contribution in [0, 0.1) is 0 Å². The van der Waals surface area contributed by atoms with Crippen molar-refractivity contribution >= 4 is 11.9 Å². The summed E-state index contributed by atoms with van der Waals surface area (Å²) in [6.07, 6.45) is 2.79. The molecule has 2 heteroatoms. The quantitative estimate of drug-likeness (QED) is 0.732. The summed E-state index contributed by atoms with van der Waals surface area (Å²) in [6, 6.07) is 8.13. The molecule has 2 N–H and O–H groups in total. The molecule has 0 bridgehead atoms. The first kappa shape index (κ1) is 10.7. The number of Topliss-reactive ketones (excluding diaryl/α,β-unsaturated/α-hetero) is 1. The van der Waals surface area contributed by atoms with Gasteiger partial charge in [-0.25, -0.2) is 0 Å². The van der Waals surface area contributed by atoms with E-state index < -0.39 is 0 Å². The molecule has 0 saturated carbocycles. The Hall–Kier alpha value is -1.41. The SMILES string of the molecule is CC(=O)C1=Cc2ccccc2C1.CN. The molecular formula is C12H15NO. The zero-order valence-electron chi connectivity index (χ0n) is 8.58. The van der Waals surface area contributed by atoms with E-state index in [-0.39, 0.29) is 5.78 Å². The standard InChI is InChI=1S/C11H10O.CH5N/c1-8(12)11-6-9-4-2-3-5-10(9)7-11;1-2/h2-6H,7H2,1H3;2H2,1H3. The van der Waals surface area contributed by atoms with Crippen molar-refractivity contribution in [3.8, 4) is 0 Å². The summed E-state index contributed by atoms with van der Waals surface area (Å²) in [6.45, 7) is 1.62. The van der Waals surface area contributed by atoms with Crippen LogP contribution in [0.4, 0.5) is 0 Å². The van der Waals surface area contributed by atoms with E-state index in [1.165, 1.54) is 18.2 Å². The average Bonchev–Trinajstić information content (AvgIpc) is 2.64. The smallest absolute Gasteiger partial charge is 0.156 e. The van der Waals surface area contributed by atoms with E-state index in [4.69, 9.17) is 0 Å². The van der Waals surface area contributed by atoms with Crippen molar-refractivity contribution in [1.29, 1.82) is 0 Å². The Morgan fingerprint density at radius 1 is 1.29 bits per heavy atom. The van der Waals surface area contributed by atoms with Crippen LogP contribution in [0.1, 0.15) is 18.1 Å². The van der Waals surface area contributed by atoms with Crippen molar-refractivity contribution in [2.75, 3.05) is 7.05 Å². The van der Waals surface area contributed by atoms with Gasteiger partial charge in [0.15, 0.2) is 5.78 Å². The summed E-state index contributed by atoms with van der Waals surface area (Å²) in [5, 5.41) is 0. The zero-order valence-corrected chi connectivity index (χ0v) is 8.58. The third-order valence-electron chi connectivity index (χ3n) is 2.22. The number of nitrogens with two attached hydrogens (primary N) is 1. The summed E-state index contributed by atoms with van der Waals surface area (Å²) >= 11 is 0. The van der Waals surface area contributed by atoms with Crippen molar-refractivity contribution in [2.24, 2.45) is 5.73 Å². The highest BCUT2D eigenvalue weighted by molar-refractivity contribution is 6.00. The van der Waals surface area contributed by atoms with E-state index in [0.29, 0.717) is 0 Å². The molecule has 1 aliphatic rings. The number of benzene rings is 1. The highest BCUT2D eigenvalue weighted by Gasteiger charge is 2.13. The predicted octanol–water partition coefficient (Wildman–Crippen LogP) is 1.79. The van der Waals surface area contributed by atoms with Gasteiger partial charge >= 0.3 is 0 Å². The molecule has 2 nitrogen and oxygen atoms in total. The summed E-state index contributed by atoms with van der Waals surface area (Å²) in [4.78, 5) is 11.0. The molecule has 0 heterocycles. The van der Waals surface area contributed by atoms with Gasteiger partial charge in [0.05, 0.1) is 0 Å². The van der Waals surface area contributed by atoms with Crippen LogP contribution in [0.3, 0.4) is 0 Å². The Balaban J connectivity index is 0.000000461. The molecule has 74 valence electrons. The number of carbonyl (C=O) groups excluding carboxylic acids is 1. The van der Waals surface area contributed by atoms with Gasteiger partial charge in [0, 0.05) is 6.42 Å². The summed E-state index contributed by atoms with van der Waals surface area (Å²) in [5.74, 6) is 0.186. The Bertz CT molecular complexity index is 366. The largest absolute Gasteiger partial charge is 0.333 e. The Morgan fingerprint density at radius 2 is 1.93 bits per heavy atom. The fourth-order valence-electron chi connectivity index (χ4n) is 1.51. The van der Waals surface area contributed by atoms with Crippen molar-refractivity contribution in [3.05, 3.63) is 41.0 Å². The first-order valence-electron chi connectivity index (χ1n) is 4.64. The minimum Gasteiger partial charge on any atom is -0.333 e. The second-order valence-corrected chi connectivity index (χ2v) is 3.10. The number of ketones is 1. The molecule has 0 unspecified atom stereocenters. The number of allylic oxidation sites excluding steroid dienone is 1. The molecule has 14 heavy (non-hydrogen) atoms. The van der Waals surface area contributed by atoms with Crippen LogP contribution < -0.4 is 5.73 Å². The van der Waals surface area contributed by atoms with Gasteiger partial charge in [0.2, 0.25) is 0 Å². The number of hydrogen-bond donors (Lipinski definition) is 1. The normalized spacial score (nSPS) is 12.4. The lowest BCUT2D eigenvalue weighted by atomic mass is 10.1. The molecule has 0 radical (unpaired) electrons. The fourth-order valence-corrected chi connectivity index (χ4v) is 1.51. The monoisotopic (exact) mass is 189 g/mol. The van der Waals surface area contributed by atoms with Gasteiger partial charge in [0.25, 0.3) is 0 Å². The van der Waals surface area contributed by atoms with E-state index in [1.807, 2.05) is 24.3 Å². The number of fused-ring (bicyclic) bond motifs is 1. The molecule has 0 fully saturated rings. The van der Waals surface area contributed by atoms with Crippen molar-refractivity contribution in [3.63, 3.8) is 0 Å². The van der Waals surface area contributed by atoms with Gasteiger partial charge in [-0.1, -0.05) is 24.3 Å². The second-order valence-electron chi connectivity index (χ2n) is 3.10. The molecule has 1 aromatic carbocycles. The Labute approximate surface area is 84.4 Å². The topological polar surface area (TPSA) is 43.1 Å². The highest BCUT2D eigenvalue weighted by atomic mass is 16.1. The molecule has 1 aromatic rings. The molecule has 0 saturated heterocycles. The molecule has 0 atom stereocenters. The first-order valence-corrected chi connectivity index (χ1v) is 4.64. The lowest BCUT2D eigenvalue weighted by molar-refractivity contribution is -0.113. The van der Waals surface area contributed by atoms with Crippen LogP contribution in [-0.2, 0) is 11.2 Å². The summed E-state index contributed by atoms with van der Waals surface area (Å²) in [7, 11) is 1.50. The number of carbonyl (C=O) groups is 1. The van der Waals surface area contributed by atoms with Crippen LogP contribution in [0.5, 0.6) is 0 Å². The van der Waals surface area contributed by atoms with Crippen LogP contribution in [-0.4, -0.2) is 12.8 Å². The van der Waals surface area contributed by atoms with Crippen LogP contribution in [0.2, 0.25) is 0 Å². The maximum absolute atomic E-state index is 11.0. The van der Waals surface area contributed by atoms with Gasteiger partial charge in [-0.15, -0.1) is 0 Å². The van der Waals surface area contributed by atoms with Gasteiger partial charge < -0.3 is 5.73 Å². The lowest BCUT2D eigenvalue weighted by Crippen LogP contribution is -1.94. The molecule has 0 aromatic heterocycles. The third kappa shape index (κ3) is 2.09. The third-order valence-corrected chi connectivity index (χ3v) is 2.22. The highest BCUT2D eigenvalue weighted by Crippen LogP contribution is 2.24. The second kappa shape index (κ2) is 4.72. The van der Waals surface area contributed by atoms with Crippen molar-refractivity contribution in [1.82, 2.24) is 0 Å². The molecule has 2 rings (SSSR count). The molecule has 0 amide bonds. The van der Waals surface area contributed by atoms with E-state index in [9.17, 15) is 4.79 Å². The first-order chi connectivity index (χ1) is 6.77. The maximum atomic E-state index is 11.0. The summed E-state index contributed by atoms with van der Waals surface area (Å²) in [5.41, 5.74) is 7.89. The minimum absolute atomic E-state index is 0.186. The van der Waals surface area contributed by atoms with E-state index in [0.717, 1.165) is 12.0 Å². The van der Waals surface area contributed by atoms with Crippen molar-refractivity contribution < 1.29 is 4.79 Å². The van der Waals surface area contributed by atoms with Gasteiger partial charge in [-0.05, 0) is 36.7 Å². The van der Waals surface area contributed by atoms with E-state index in [2.05, 4.69) is 11.8 Å². The Morgan fingerprint density at radius 3 is 2.50 bits per heavy atom.